The van der Waals surface area contributed by atoms with Crippen molar-refractivity contribution in [2.45, 2.75) is 31.1 Å². The average Bonchev–Trinajstić information content (AvgIpc) is 2.42. The van der Waals surface area contributed by atoms with Gasteiger partial charge in [0.1, 0.15) is 0 Å². The number of nitrogens with one attached hydrogen (secondary N) is 2. The molecule has 1 saturated heterocycles. The second-order valence-corrected chi connectivity index (χ2v) is 6.14. The van der Waals surface area contributed by atoms with E-state index in [-0.39, 0.29) is 6.04 Å². The molecule has 2 atom stereocenters. The Kier molecular flexibility index (Phi) is 7.02. The molecule has 0 amide bonds. The minimum absolute atomic E-state index is 0.204. The molecule has 1 aliphatic rings. The van der Waals surface area contributed by atoms with Crippen molar-refractivity contribution in [3.05, 3.63) is 25.1 Å². The third kappa shape index (κ3) is 4.91. The quantitative estimate of drug-likeness (QED) is 0.594. The van der Waals surface area contributed by atoms with Gasteiger partial charge in [-0.2, -0.15) is 0 Å². The highest BCUT2D eigenvalue weighted by Gasteiger charge is 2.25. The van der Waals surface area contributed by atoms with Crippen LogP contribution in [-0.4, -0.2) is 47.3 Å². The first-order chi connectivity index (χ1) is 9.10. The Balaban J connectivity index is 2.61. The minimum Gasteiger partial charge on any atom is -0.383 e. The van der Waals surface area contributed by atoms with Crippen LogP contribution in [0.1, 0.15) is 19.8 Å². The summed E-state index contributed by atoms with van der Waals surface area (Å²) in [6, 6.07) is 0.204. The van der Waals surface area contributed by atoms with Crippen LogP contribution in [0.25, 0.3) is 0 Å². The zero-order valence-corrected chi connectivity index (χ0v) is 12.6. The van der Waals surface area contributed by atoms with Gasteiger partial charge in [-0.25, -0.2) is 0 Å². The van der Waals surface area contributed by atoms with E-state index in [9.17, 15) is 0 Å². The van der Waals surface area contributed by atoms with Crippen molar-refractivity contribution in [2.75, 3.05) is 25.4 Å². The van der Waals surface area contributed by atoms with E-state index < -0.39 is 0 Å². The molecule has 108 valence electrons. The van der Waals surface area contributed by atoms with Crippen LogP contribution in [0.4, 0.5) is 0 Å². The molecule has 0 saturated carbocycles. The molecule has 4 N–H and O–H groups in total. The molecule has 4 nitrogen and oxygen atoms in total. The molecule has 0 aromatic rings. The molecule has 0 aromatic carbocycles. The molecule has 0 aliphatic carbocycles. The maximum absolute atomic E-state index is 7.79. The smallest absolute Gasteiger partial charge is 0.0650 e. The summed E-state index contributed by atoms with van der Waals surface area (Å²) in [5, 5.41) is 11.4. The number of thioether (sulfide) groups is 1. The SMILES string of the molecule is C=CNC(CCCN)C(=C)N1CCSC(C(C)=N)C1. The highest BCUT2D eigenvalue weighted by atomic mass is 32.2. The molecule has 0 aromatic heterocycles. The van der Waals surface area contributed by atoms with E-state index in [1.54, 1.807) is 6.20 Å². The van der Waals surface area contributed by atoms with Crippen LogP contribution in [0, 0.1) is 5.41 Å². The summed E-state index contributed by atoms with van der Waals surface area (Å²) in [6.45, 7) is 12.5. The maximum Gasteiger partial charge on any atom is 0.0650 e. The topological polar surface area (TPSA) is 65.1 Å². The van der Waals surface area contributed by atoms with Crippen LogP contribution in [0.5, 0.6) is 0 Å². The Morgan fingerprint density at radius 3 is 3.00 bits per heavy atom. The van der Waals surface area contributed by atoms with Gasteiger partial charge in [0, 0.05) is 30.3 Å². The Morgan fingerprint density at radius 2 is 2.42 bits per heavy atom. The van der Waals surface area contributed by atoms with Crippen molar-refractivity contribution in [3.63, 3.8) is 0 Å². The van der Waals surface area contributed by atoms with Gasteiger partial charge in [0.15, 0.2) is 0 Å². The van der Waals surface area contributed by atoms with Crippen molar-refractivity contribution >= 4 is 17.5 Å². The number of nitrogens with zero attached hydrogens (tertiary/aromatic N) is 1. The van der Waals surface area contributed by atoms with Gasteiger partial charge < -0.3 is 21.4 Å². The van der Waals surface area contributed by atoms with Crippen LogP contribution < -0.4 is 11.1 Å². The van der Waals surface area contributed by atoms with E-state index in [2.05, 4.69) is 23.4 Å². The molecule has 1 fully saturated rings. The molecular formula is C14H26N4S. The van der Waals surface area contributed by atoms with Crippen molar-refractivity contribution in [2.24, 2.45) is 5.73 Å². The van der Waals surface area contributed by atoms with Gasteiger partial charge in [-0.15, -0.1) is 11.8 Å². The molecule has 1 aliphatic heterocycles. The van der Waals surface area contributed by atoms with Gasteiger partial charge in [-0.05, 0) is 32.5 Å². The number of rotatable bonds is 8. The van der Waals surface area contributed by atoms with E-state index in [1.807, 2.05) is 18.7 Å². The van der Waals surface area contributed by atoms with Crippen molar-refractivity contribution in [1.82, 2.24) is 10.2 Å². The summed E-state index contributed by atoms with van der Waals surface area (Å²) in [5.41, 5.74) is 7.43. The number of hydrogen-bond donors (Lipinski definition) is 3. The zero-order valence-electron chi connectivity index (χ0n) is 11.8. The van der Waals surface area contributed by atoms with Crippen LogP contribution in [-0.2, 0) is 0 Å². The van der Waals surface area contributed by atoms with Gasteiger partial charge in [-0.3, -0.25) is 0 Å². The second-order valence-electron chi connectivity index (χ2n) is 4.83. The fourth-order valence-electron chi connectivity index (χ4n) is 2.20. The first kappa shape index (κ1) is 16.1. The lowest BCUT2D eigenvalue weighted by Gasteiger charge is -2.38. The fraction of sp³-hybridized carbons (Fsp3) is 0.643. The third-order valence-electron chi connectivity index (χ3n) is 3.37. The predicted molar refractivity (Wildman–Crippen MR) is 85.8 cm³/mol. The molecule has 1 heterocycles. The second kappa shape index (κ2) is 8.27. The lowest BCUT2D eigenvalue weighted by Crippen LogP contribution is -2.44. The largest absolute Gasteiger partial charge is 0.383 e. The normalized spacial score (nSPS) is 20.7. The summed E-state index contributed by atoms with van der Waals surface area (Å²) in [6.07, 6.45) is 3.67. The monoisotopic (exact) mass is 282 g/mol. The molecule has 0 radical (unpaired) electrons. The van der Waals surface area contributed by atoms with Crippen LogP contribution in [0.15, 0.2) is 25.1 Å². The molecule has 1 rings (SSSR count). The van der Waals surface area contributed by atoms with Gasteiger partial charge in [0.2, 0.25) is 0 Å². The van der Waals surface area contributed by atoms with E-state index in [1.165, 1.54) is 0 Å². The van der Waals surface area contributed by atoms with Crippen LogP contribution in [0.2, 0.25) is 0 Å². The van der Waals surface area contributed by atoms with E-state index >= 15 is 0 Å². The maximum atomic E-state index is 7.79. The molecular weight excluding hydrogens is 256 g/mol. The predicted octanol–water partition coefficient (Wildman–Crippen LogP) is 1.80. The minimum atomic E-state index is 0.204. The standard InChI is InChI=1S/C14H26N4S/c1-4-17-13(6-5-7-15)12(3)18-8-9-19-14(10-18)11(2)16/h4,13-14,16-17H,1,3,5-10,15H2,2H3. The van der Waals surface area contributed by atoms with Gasteiger partial charge in [0.25, 0.3) is 0 Å². The zero-order chi connectivity index (χ0) is 14.3. The fourth-order valence-corrected chi connectivity index (χ4v) is 3.35. The van der Waals surface area contributed by atoms with E-state index in [0.717, 1.165) is 43.1 Å². The van der Waals surface area contributed by atoms with Crippen molar-refractivity contribution in [1.29, 1.82) is 5.41 Å². The molecule has 2 unspecified atom stereocenters. The average molecular weight is 282 g/mol. The number of nitrogens with two attached hydrogens (primary N) is 1. The van der Waals surface area contributed by atoms with Crippen LogP contribution >= 0.6 is 11.8 Å². The highest BCUT2D eigenvalue weighted by molar-refractivity contribution is 8.00. The highest BCUT2D eigenvalue weighted by Crippen LogP contribution is 2.24. The Hall–Kier alpha value is -0.940. The lowest BCUT2D eigenvalue weighted by molar-refractivity contribution is 0.330. The Bertz CT molecular complexity index is 329. The van der Waals surface area contributed by atoms with Gasteiger partial charge in [0.05, 0.1) is 11.3 Å². The molecule has 0 spiro atoms. The first-order valence-electron chi connectivity index (χ1n) is 6.77. The number of hydrogen-bond acceptors (Lipinski definition) is 5. The van der Waals surface area contributed by atoms with E-state index in [4.69, 9.17) is 11.1 Å². The summed E-state index contributed by atoms with van der Waals surface area (Å²) in [5.74, 6) is 1.05. The third-order valence-corrected chi connectivity index (χ3v) is 4.70. The van der Waals surface area contributed by atoms with Crippen LogP contribution in [0.3, 0.4) is 0 Å². The van der Waals surface area contributed by atoms with Crippen molar-refractivity contribution in [3.8, 4) is 0 Å². The molecule has 5 heteroatoms. The lowest BCUT2D eigenvalue weighted by atomic mass is 10.1. The Labute approximate surface area is 121 Å². The molecule has 19 heavy (non-hydrogen) atoms. The summed E-state index contributed by atoms with van der Waals surface area (Å²) in [4.78, 5) is 2.30. The van der Waals surface area contributed by atoms with Gasteiger partial charge in [-0.1, -0.05) is 13.2 Å². The van der Waals surface area contributed by atoms with E-state index in [0.29, 0.717) is 11.8 Å². The van der Waals surface area contributed by atoms with Gasteiger partial charge >= 0.3 is 0 Å². The first-order valence-corrected chi connectivity index (χ1v) is 7.82. The summed E-state index contributed by atoms with van der Waals surface area (Å²) in [7, 11) is 0. The Morgan fingerprint density at radius 1 is 1.68 bits per heavy atom. The molecule has 0 bridgehead atoms. The summed E-state index contributed by atoms with van der Waals surface area (Å²) < 4.78 is 0. The van der Waals surface area contributed by atoms with Crippen molar-refractivity contribution < 1.29 is 0 Å². The summed E-state index contributed by atoms with van der Waals surface area (Å²) >= 11 is 1.87.